The smallest absolute Gasteiger partial charge is 0.309 e. The van der Waals surface area contributed by atoms with Crippen molar-refractivity contribution in [3.05, 3.63) is 12.2 Å². The number of rotatable bonds is 3. The topological polar surface area (TPSA) is 83.8 Å². The molecule has 4 atom stereocenters. The highest BCUT2D eigenvalue weighted by Crippen LogP contribution is 2.28. The summed E-state index contributed by atoms with van der Waals surface area (Å²) in [5.41, 5.74) is 0. The van der Waals surface area contributed by atoms with Crippen molar-refractivity contribution in [2.24, 2.45) is 11.8 Å². The number of ether oxygens (including phenoxy) is 1. The number of esters is 1. The summed E-state index contributed by atoms with van der Waals surface area (Å²) in [5, 5.41) is 18.8. The Labute approximate surface area is 112 Å². The van der Waals surface area contributed by atoms with Crippen LogP contribution >= 0.6 is 0 Å². The van der Waals surface area contributed by atoms with Gasteiger partial charge in [0.15, 0.2) is 0 Å². The van der Waals surface area contributed by atoms with Gasteiger partial charge >= 0.3 is 11.9 Å². The molecule has 0 spiro atoms. The van der Waals surface area contributed by atoms with Gasteiger partial charge in [-0.2, -0.15) is 0 Å². The van der Waals surface area contributed by atoms with Gasteiger partial charge in [0.2, 0.25) is 0 Å². The molecule has 19 heavy (non-hydrogen) atoms. The molecule has 0 amide bonds. The van der Waals surface area contributed by atoms with Gasteiger partial charge in [-0.15, -0.1) is 0 Å². The molecule has 0 radical (unpaired) electrons. The Bertz CT molecular complexity index is 376. The summed E-state index contributed by atoms with van der Waals surface area (Å²) in [6.45, 7) is 0. The van der Waals surface area contributed by atoms with E-state index in [1.807, 2.05) is 6.08 Å². The number of carbonyl (C=O) groups excluding carboxylic acids is 1. The van der Waals surface area contributed by atoms with E-state index in [4.69, 9.17) is 9.84 Å². The van der Waals surface area contributed by atoms with E-state index >= 15 is 0 Å². The van der Waals surface area contributed by atoms with Crippen LogP contribution in [0, 0.1) is 11.8 Å². The monoisotopic (exact) mass is 268 g/mol. The largest absolute Gasteiger partial charge is 0.481 e. The van der Waals surface area contributed by atoms with Crippen LogP contribution in [0.1, 0.15) is 38.5 Å². The van der Waals surface area contributed by atoms with Crippen molar-refractivity contribution >= 4 is 11.9 Å². The first-order valence-corrected chi connectivity index (χ1v) is 6.84. The van der Waals surface area contributed by atoms with Crippen molar-refractivity contribution in [1.82, 2.24) is 0 Å². The highest BCUT2D eigenvalue weighted by Gasteiger charge is 2.36. The summed E-state index contributed by atoms with van der Waals surface area (Å²) in [4.78, 5) is 22.8. The quantitative estimate of drug-likeness (QED) is 0.598. The normalized spacial score (nSPS) is 34.8. The van der Waals surface area contributed by atoms with Gasteiger partial charge in [0.25, 0.3) is 0 Å². The minimum atomic E-state index is -0.888. The van der Waals surface area contributed by atoms with Gasteiger partial charge in [-0.05, 0) is 38.5 Å². The van der Waals surface area contributed by atoms with E-state index in [0.29, 0.717) is 19.3 Å². The molecule has 0 heterocycles. The Kier molecular flexibility index (Phi) is 4.58. The summed E-state index contributed by atoms with van der Waals surface area (Å²) in [7, 11) is 0. The summed E-state index contributed by atoms with van der Waals surface area (Å²) in [6.07, 6.45) is 6.03. The lowest BCUT2D eigenvalue weighted by molar-refractivity contribution is -0.166. The van der Waals surface area contributed by atoms with Crippen LogP contribution in [0.4, 0.5) is 0 Å². The molecule has 0 saturated heterocycles. The zero-order chi connectivity index (χ0) is 13.8. The van der Waals surface area contributed by atoms with Crippen LogP contribution in [-0.4, -0.2) is 34.4 Å². The number of carboxylic acid groups (broad SMARTS) is 1. The van der Waals surface area contributed by atoms with Crippen LogP contribution in [-0.2, 0) is 14.3 Å². The van der Waals surface area contributed by atoms with E-state index in [2.05, 4.69) is 6.08 Å². The molecule has 0 aromatic heterocycles. The van der Waals surface area contributed by atoms with Crippen molar-refractivity contribution < 1.29 is 24.5 Å². The summed E-state index contributed by atoms with van der Waals surface area (Å²) in [5.74, 6) is -1.79. The zero-order valence-electron chi connectivity index (χ0n) is 10.8. The maximum absolute atomic E-state index is 11.9. The fraction of sp³-hybridized carbons (Fsp3) is 0.714. The second-order valence-corrected chi connectivity index (χ2v) is 5.37. The number of carbonyl (C=O) groups is 2. The molecule has 4 unspecified atom stereocenters. The van der Waals surface area contributed by atoms with Gasteiger partial charge < -0.3 is 14.9 Å². The molecule has 0 aromatic rings. The van der Waals surface area contributed by atoms with Crippen molar-refractivity contribution in [3.8, 4) is 0 Å². The van der Waals surface area contributed by atoms with Crippen LogP contribution in [0.2, 0.25) is 0 Å². The lowest BCUT2D eigenvalue weighted by Gasteiger charge is -2.32. The minimum absolute atomic E-state index is 0.116. The lowest BCUT2D eigenvalue weighted by atomic mass is 9.85. The molecule has 106 valence electrons. The number of allylic oxidation sites excluding steroid dienone is 2. The summed E-state index contributed by atoms with van der Waals surface area (Å²) >= 11 is 0. The highest BCUT2D eigenvalue weighted by molar-refractivity contribution is 5.73. The third-order valence-corrected chi connectivity index (χ3v) is 3.97. The number of aliphatic hydroxyl groups is 1. The first kappa shape index (κ1) is 14.1. The number of hydrogen-bond donors (Lipinski definition) is 2. The molecule has 1 fully saturated rings. The number of aliphatic hydroxyl groups excluding tert-OH is 1. The third-order valence-electron chi connectivity index (χ3n) is 3.97. The van der Waals surface area contributed by atoms with Crippen LogP contribution in [0.25, 0.3) is 0 Å². The first-order valence-electron chi connectivity index (χ1n) is 6.84. The Morgan fingerprint density at radius 3 is 2.47 bits per heavy atom. The maximum atomic E-state index is 11.9. The van der Waals surface area contributed by atoms with Gasteiger partial charge in [0, 0.05) is 0 Å². The lowest BCUT2D eigenvalue weighted by Crippen LogP contribution is -2.40. The Morgan fingerprint density at radius 1 is 1.11 bits per heavy atom. The molecular weight excluding hydrogens is 248 g/mol. The molecule has 2 rings (SSSR count). The molecule has 0 aliphatic heterocycles. The maximum Gasteiger partial charge on any atom is 0.309 e. The van der Waals surface area contributed by atoms with Crippen molar-refractivity contribution in [2.75, 3.05) is 0 Å². The SMILES string of the molecule is O=C(O)C1CCC(OC(=O)C2CC=CCC2)C(O)C1. The highest BCUT2D eigenvalue weighted by atomic mass is 16.6. The van der Waals surface area contributed by atoms with E-state index < -0.39 is 24.1 Å². The Morgan fingerprint density at radius 2 is 1.89 bits per heavy atom. The van der Waals surface area contributed by atoms with Gasteiger partial charge in [0.1, 0.15) is 6.10 Å². The van der Waals surface area contributed by atoms with Crippen LogP contribution in [0.3, 0.4) is 0 Å². The van der Waals surface area contributed by atoms with Crippen LogP contribution in [0.15, 0.2) is 12.2 Å². The first-order chi connectivity index (χ1) is 9.08. The number of aliphatic carboxylic acids is 1. The summed E-state index contributed by atoms with van der Waals surface area (Å²) in [6, 6.07) is 0. The molecule has 0 bridgehead atoms. The molecule has 2 aliphatic carbocycles. The number of hydrogen-bond acceptors (Lipinski definition) is 4. The second kappa shape index (κ2) is 6.19. The Hall–Kier alpha value is -1.36. The van der Waals surface area contributed by atoms with Crippen LogP contribution in [0.5, 0.6) is 0 Å². The second-order valence-electron chi connectivity index (χ2n) is 5.37. The average molecular weight is 268 g/mol. The minimum Gasteiger partial charge on any atom is -0.481 e. The molecule has 2 N–H and O–H groups in total. The van der Waals surface area contributed by atoms with Crippen LogP contribution < -0.4 is 0 Å². The molecular formula is C14H20O5. The Balaban J connectivity index is 1.84. The van der Waals surface area contributed by atoms with E-state index in [9.17, 15) is 14.7 Å². The van der Waals surface area contributed by atoms with Gasteiger partial charge in [0.05, 0.1) is 17.9 Å². The van der Waals surface area contributed by atoms with Crippen molar-refractivity contribution in [2.45, 2.75) is 50.7 Å². The fourth-order valence-electron chi connectivity index (χ4n) is 2.73. The zero-order valence-corrected chi connectivity index (χ0v) is 10.8. The molecule has 2 aliphatic rings. The predicted molar refractivity (Wildman–Crippen MR) is 67.3 cm³/mol. The van der Waals surface area contributed by atoms with Gasteiger partial charge in [-0.1, -0.05) is 12.2 Å². The number of carboxylic acids is 1. The van der Waals surface area contributed by atoms with E-state index in [0.717, 1.165) is 12.8 Å². The molecule has 1 saturated carbocycles. The standard InChI is InChI=1S/C14H20O5/c15-11-8-10(13(16)17)6-7-12(11)19-14(18)9-4-2-1-3-5-9/h1-2,9-12,15H,3-8H2,(H,16,17). The van der Waals surface area contributed by atoms with Gasteiger partial charge in [-0.25, -0.2) is 0 Å². The van der Waals surface area contributed by atoms with E-state index in [1.165, 1.54) is 0 Å². The predicted octanol–water partition coefficient (Wildman–Crippen LogP) is 1.50. The molecule has 5 nitrogen and oxygen atoms in total. The average Bonchev–Trinajstić information content (AvgIpc) is 2.41. The van der Waals surface area contributed by atoms with Crippen molar-refractivity contribution in [1.29, 1.82) is 0 Å². The van der Waals surface area contributed by atoms with E-state index in [1.54, 1.807) is 0 Å². The fourth-order valence-corrected chi connectivity index (χ4v) is 2.73. The molecule has 5 heteroatoms. The third kappa shape index (κ3) is 3.56. The van der Waals surface area contributed by atoms with E-state index in [-0.39, 0.29) is 18.3 Å². The molecule has 0 aromatic carbocycles. The van der Waals surface area contributed by atoms with Gasteiger partial charge in [-0.3, -0.25) is 9.59 Å². The van der Waals surface area contributed by atoms with Crippen molar-refractivity contribution in [3.63, 3.8) is 0 Å². The summed E-state index contributed by atoms with van der Waals surface area (Å²) < 4.78 is 5.36.